The highest BCUT2D eigenvalue weighted by atomic mass is 16.5. The Morgan fingerprint density at radius 2 is 1.64 bits per heavy atom. The molecule has 0 aromatic heterocycles. The first-order chi connectivity index (χ1) is 12.2. The van der Waals surface area contributed by atoms with Crippen molar-refractivity contribution in [2.24, 2.45) is 4.99 Å². The Kier molecular flexibility index (Phi) is 7.14. The largest absolute Gasteiger partial charge is 0.497 e. The first-order valence-corrected chi connectivity index (χ1v) is 8.46. The molecule has 0 aliphatic heterocycles. The van der Waals surface area contributed by atoms with Crippen molar-refractivity contribution in [3.05, 3.63) is 59.2 Å². The molecule has 0 heterocycles. The summed E-state index contributed by atoms with van der Waals surface area (Å²) in [5.41, 5.74) is 3.50. The molecule has 2 aromatic carbocycles. The second-order valence-electron chi connectivity index (χ2n) is 5.66. The van der Waals surface area contributed by atoms with E-state index in [-0.39, 0.29) is 0 Å². The molecule has 0 amide bonds. The molecular weight excluding hydrogens is 314 g/mol. The van der Waals surface area contributed by atoms with Crippen molar-refractivity contribution in [1.82, 2.24) is 10.6 Å². The van der Waals surface area contributed by atoms with Crippen LogP contribution in [0, 0.1) is 6.92 Å². The Morgan fingerprint density at radius 3 is 2.20 bits per heavy atom. The second kappa shape index (κ2) is 9.57. The van der Waals surface area contributed by atoms with Crippen molar-refractivity contribution in [1.29, 1.82) is 0 Å². The van der Waals surface area contributed by atoms with E-state index in [4.69, 9.17) is 9.47 Å². The zero-order chi connectivity index (χ0) is 18.1. The van der Waals surface area contributed by atoms with E-state index in [1.807, 2.05) is 37.3 Å². The van der Waals surface area contributed by atoms with Gasteiger partial charge in [0.15, 0.2) is 5.96 Å². The molecule has 0 bridgehead atoms. The van der Waals surface area contributed by atoms with Crippen LogP contribution in [0.25, 0.3) is 0 Å². The van der Waals surface area contributed by atoms with Gasteiger partial charge in [0, 0.05) is 20.1 Å². The van der Waals surface area contributed by atoms with Gasteiger partial charge in [0.05, 0.1) is 13.7 Å². The average molecular weight is 341 g/mol. The SMILES string of the molecule is CCOc1ccc(CNC(=NC)NCc2ccc(OC)cc2)cc1C. The number of guanidine groups is 1. The Morgan fingerprint density at radius 1 is 1.00 bits per heavy atom. The van der Waals surface area contributed by atoms with Crippen molar-refractivity contribution >= 4 is 5.96 Å². The van der Waals surface area contributed by atoms with Gasteiger partial charge >= 0.3 is 0 Å². The molecule has 25 heavy (non-hydrogen) atoms. The monoisotopic (exact) mass is 341 g/mol. The van der Waals surface area contributed by atoms with Crippen LogP contribution >= 0.6 is 0 Å². The number of hydrogen-bond donors (Lipinski definition) is 2. The zero-order valence-electron chi connectivity index (χ0n) is 15.4. The lowest BCUT2D eigenvalue weighted by atomic mass is 10.1. The van der Waals surface area contributed by atoms with Crippen molar-refractivity contribution < 1.29 is 9.47 Å². The van der Waals surface area contributed by atoms with Crippen molar-refractivity contribution in [3.8, 4) is 11.5 Å². The van der Waals surface area contributed by atoms with Crippen LogP contribution in [-0.2, 0) is 13.1 Å². The smallest absolute Gasteiger partial charge is 0.191 e. The van der Waals surface area contributed by atoms with Crippen molar-refractivity contribution in [2.45, 2.75) is 26.9 Å². The van der Waals surface area contributed by atoms with Gasteiger partial charge in [-0.3, -0.25) is 4.99 Å². The van der Waals surface area contributed by atoms with Gasteiger partial charge in [0.25, 0.3) is 0 Å². The van der Waals surface area contributed by atoms with Crippen LogP contribution in [0.4, 0.5) is 0 Å². The molecular formula is C20H27N3O2. The predicted molar refractivity (Wildman–Crippen MR) is 102 cm³/mol. The van der Waals surface area contributed by atoms with Crippen LogP contribution in [0.1, 0.15) is 23.6 Å². The van der Waals surface area contributed by atoms with E-state index in [0.717, 1.165) is 23.0 Å². The van der Waals surface area contributed by atoms with Gasteiger partial charge in [-0.15, -0.1) is 0 Å². The minimum Gasteiger partial charge on any atom is -0.497 e. The van der Waals surface area contributed by atoms with E-state index in [2.05, 4.69) is 34.7 Å². The third-order valence-electron chi connectivity index (χ3n) is 3.84. The van der Waals surface area contributed by atoms with Crippen LogP contribution in [-0.4, -0.2) is 26.7 Å². The van der Waals surface area contributed by atoms with Crippen LogP contribution < -0.4 is 20.1 Å². The molecule has 2 N–H and O–H groups in total. The average Bonchev–Trinajstić information content (AvgIpc) is 2.64. The third kappa shape index (κ3) is 5.71. The fraction of sp³-hybridized carbons (Fsp3) is 0.350. The summed E-state index contributed by atoms with van der Waals surface area (Å²) in [6.07, 6.45) is 0. The van der Waals surface area contributed by atoms with Crippen LogP contribution in [0.3, 0.4) is 0 Å². The summed E-state index contributed by atoms with van der Waals surface area (Å²) in [6.45, 7) is 6.14. The number of ether oxygens (including phenoxy) is 2. The summed E-state index contributed by atoms with van der Waals surface area (Å²) in [7, 11) is 3.44. The molecule has 0 aliphatic carbocycles. The van der Waals surface area contributed by atoms with Gasteiger partial charge < -0.3 is 20.1 Å². The fourth-order valence-corrected chi connectivity index (χ4v) is 2.47. The molecule has 5 heteroatoms. The molecule has 0 fully saturated rings. The first kappa shape index (κ1) is 18.6. The number of hydrogen-bond acceptors (Lipinski definition) is 3. The minimum atomic E-state index is 0.681. The van der Waals surface area contributed by atoms with Crippen LogP contribution in [0.2, 0.25) is 0 Å². The summed E-state index contributed by atoms with van der Waals surface area (Å²) >= 11 is 0. The zero-order valence-corrected chi connectivity index (χ0v) is 15.4. The summed E-state index contributed by atoms with van der Waals surface area (Å²) in [4.78, 5) is 4.27. The van der Waals surface area contributed by atoms with E-state index in [1.165, 1.54) is 11.1 Å². The molecule has 0 radical (unpaired) electrons. The Balaban J connectivity index is 1.86. The Hall–Kier alpha value is -2.69. The highest BCUT2D eigenvalue weighted by Crippen LogP contribution is 2.19. The number of methoxy groups -OCH3 is 1. The summed E-state index contributed by atoms with van der Waals surface area (Å²) in [5, 5.41) is 6.64. The molecule has 0 spiro atoms. The van der Waals surface area contributed by atoms with E-state index in [9.17, 15) is 0 Å². The predicted octanol–water partition coefficient (Wildman–Crippen LogP) is 3.27. The van der Waals surface area contributed by atoms with E-state index in [1.54, 1.807) is 14.2 Å². The van der Waals surface area contributed by atoms with Crippen LogP contribution in [0.15, 0.2) is 47.5 Å². The van der Waals surface area contributed by atoms with Gasteiger partial charge in [-0.2, -0.15) is 0 Å². The number of aryl methyl sites for hydroxylation is 1. The maximum absolute atomic E-state index is 5.58. The minimum absolute atomic E-state index is 0.681. The standard InChI is InChI=1S/C20H27N3O2/c1-5-25-19-11-8-17(12-15(19)2)14-23-20(21-3)22-13-16-6-9-18(24-4)10-7-16/h6-12H,5,13-14H2,1-4H3,(H2,21,22,23). The lowest BCUT2D eigenvalue weighted by molar-refractivity contribution is 0.338. The maximum Gasteiger partial charge on any atom is 0.191 e. The number of benzene rings is 2. The highest BCUT2D eigenvalue weighted by Gasteiger charge is 2.03. The Labute approximate surface area is 150 Å². The number of nitrogens with one attached hydrogen (secondary N) is 2. The number of aliphatic imine (C=N–C) groups is 1. The van der Waals surface area contributed by atoms with Gasteiger partial charge in [-0.1, -0.05) is 24.3 Å². The molecule has 0 atom stereocenters. The van der Waals surface area contributed by atoms with E-state index < -0.39 is 0 Å². The number of nitrogens with zero attached hydrogens (tertiary/aromatic N) is 1. The maximum atomic E-state index is 5.58. The fourth-order valence-electron chi connectivity index (χ4n) is 2.47. The van der Waals surface area contributed by atoms with Gasteiger partial charge in [0.1, 0.15) is 11.5 Å². The van der Waals surface area contributed by atoms with Gasteiger partial charge in [0.2, 0.25) is 0 Å². The lowest BCUT2D eigenvalue weighted by Crippen LogP contribution is -2.36. The first-order valence-electron chi connectivity index (χ1n) is 8.46. The molecule has 134 valence electrons. The van der Waals surface area contributed by atoms with Crippen molar-refractivity contribution in [3.63, 3.8) is 0 Å². The van der Waals surface area contributed by atoms with E-state index in [0.29, 0.717) is 19.7 Å². The third-order valence-corrected chi connectivity index (χ3v) is 3.84. The Bertz CT molecular complexity index is 697. The molecule has 0 unspecified atom stereocenters. The van der Waals surface area contributed by atoms with E-state index >= 15 is 0 Å². The molecule has 2 aromatic rings. The van der Waals surface area contributed by atoms with Crippen LogP contribution in [0.5, 0.6) is 11.5 Å². The molecule has 2 rings (SSSR count). The lowest BCUT2D eigenvalue weighted by Gasteiger charge is -2.13. The molecule has 5 nitrogen and oxygen atoms in total. The highest BCUT2D eigenvalue weighted by molar-refractivity contribution is 5.79. The van der Waals surface area contributed by atoms with Gasteiger partial charge in [-0.25, -0.2) is 0 Å². The second-order valence-corrected chi connectivity index (χ2v) is 5.66. The molecule has 0 saturated heterocycles. The van der Waals surface area contributed by atoms with Crippen molar-refractivity contribution in [2.75, 3.05) is 20.8 Å². The summed E-state index contributed by atoms with van der Waals surface area (Å²) in [6, 6.07) is 14.2. The summed E-state index contributed by atoms with van der Waals surface area (Å²) < 4.78 is 10.7. The topological polar surface area (TPSA) is 54.9 Å². The number of rotatable bonds is 7. The summed E-state index contributed by atoms with van der Waals surface area (Å²) in [5.74, 6) is 2.56. The molecule has 0 aliphatic rings. The molecule has 0 saturated carbocycles. The quantitative estimate of drug-likeness (QED) is 0.599. The normalized spacial score (nSPS) is 11.1. The van der Waals surface area contributed by atoms with Gasteiger partial charge in [-0.05, 0) is 48.7 Å².